The summed E-state index contributed by atoms with van der Waals surface area (Å²) in [5, 5.41) is 2.91. The van der Waals surface area contributed by atoms with Crippen LogP contribution in [0.3, 0.4) is 0 Å². The zero-order valence-electron chi connectivity index (χ0n) is 18.8. The first-order valence-corrected chi connectivity index (χ1v) is 12.0. The summed E-state index contributed by atoms with van der Waals surface area (Å²) in [6, 6.07) is 11.2. The fourth-order valence-corrected chi connectivity index (χ4v) is 4.85. The lowest BCUT2D eigenvalue weighted by Crippen LogP contribution is -2.58. The van der Waals surface area contributed by atoms with E-state index in [9.17, 15) is 17.6 Å². The Morgan fingerprint density at radius 3 is 2.44 bits per heavy atom. The Balaban J connectivity index is 1.69. The van der Waals surface area contributed by atoms with Gasteiger partial charge in [-0.1, -0.05) is 18.2 Å². The van der Waals surface area contributed by atoms with Crippen molar-refractivity contribution in [2.24, 2.45) is 0 Å². The van der Waals surface area contributed by atoms with E-state index in [-0.39, 0.29) is 39.8 Å². The summed E-state index contributed by atoms with van der Waals surface area (Å²) in [7, 11) is -4.06. The number of morpholine rings is 1. The normalized spacial score (nSPS) is 20.0. The average Bonchev–Trinajstić information content (AvgIpc) is 2.73. The van der Waals surface area contributed by atoms with Crippen LogP contribution in [0.25, 0.3) is 0 Å². The molecular formula is C23H30FN3O4S. The molecule has 7 nitrogen and oxygen atoms in total. The fraction of sp³-hybridized carbons (Fsp3) is 0.435. The number of sulfonamides is 1. The summed E-state index contributed by atoms with van der Waals surface area (Å²) >= 11 is 0. The van der Waals surface area contributed by atoms with Gasteiger partial charge < -0.3 is 10.1 Å². The third kappa shape index (κ3) is 5.85. The van der Waals surface area contributed by atoms with Gasteiger partial charge in [0.1, 0.15) is 5.82 Å². The first-order chi connectivity index (χ1) is 15.0. The maximum atomic E-state index is 13.9. The lowest BCUT2D eigenvalue weighted by atomic mass is 10.00. The minimum Gasteiger partial charge on any atom is -0.373 e. The number of anilines is 1. The lowest BCUT2D eigenvalue weighted by Gasteiger charge is -2.45. The van der Waals surface area contributed by atoms with Crippen molar-refractivity contribution in [3.63, 3.8) is 0 Å². The first kappa shape index (κ1) is 24.2. The lowest BCUT2D eigenvalue weighted by molar-refractivity contribution is -0.0948. The second-order valence-electron chi connectivity index (χ2n) is 8.77. The van der Waals surface area contributed by atoms with Crippen molar-refractivity contribution in [1.82, 2.24) is 10.2 Å². The molecule has 0 aromatic heterocycles. The van der Waals surface area contributed by atoms with Gasteiger partial charge in [0.15, 0.2) is 0 Å². The summed E-state index contributed by atoms with van der Waals surface area (Å²) in [5.74, 6) is -1.06. The smallest absolute Gasteiger partial charge is 0.262 e. The molecule has 32 heavy (non-hydrogen) atoms. The number of para-hydroxylation sites is 1. The highest BCUT2D eigenvalue weighted by Crippen LogP contribution is 2.22. The molecule has 2 aromatic rings. The molecule has 0 saturated carbocycles. The minimum atomic E-state index is -4.06. The van der Waals surface area contributed by atoms with Gasteiger partial charge in [0.05, 0.1) is 22.8 Å². The predicted molar refractivity (Wildman–Crippen MR) is 122 cm³/mol. The van der Waals surface area contributed by atoms with Gasteiger partial charge in [-0.15, -0.1) is 0 Å². The van der Waals surface area contributed by atoms with Crippen molar-refractivity contribution in [2.75, 3.05) is 24.4 Å². The minimum absolute atomic E-state index is 0.109. The van der Waals surface area contributed by atoms with Gasteiger partial charge in [-0.2, -0.15) is 0 Å². The standard InChI is InChI=1S/C23H30FN3O4S/c1-16-13-27(14-17(2)31-16)23(3,4)15-25-22(28)18-8-7-9-19(12-18)32(29,30)26-21-11-6-5-10-20(21)24/h5-12,16-17,26H,13-15H2,1-4H3,(H,25,28). The number of carbonyl (C=O) groups excluding carboxylic acids is 1. The highest BCUT2D eigenvalue weighted by Gasteiger charge is 2.33. The molecule has 9 heteroatoms. The SMILES string of the molecule is CC1CN(C(C)(C)CNC(=O)c2cccc(S(=O)(=O)Nc3ccccc3F)c2)CC(C)O1. The molecule has 1 fully saturated rings. The number of nitrogens with one attached hydrogen (secondary N) is 2. The molecule has 0 spiro atoms. The number of rotatable bonds is 7. The maximum Gasteiger partial charge on any atom is 0.262 e. The molecule has 0 radical (unpaired) electrons. The Morgan fingerprint density at radius 1 is 1.12 bits per heavy atom. The molecular weight excluding hydrogens is 433 g/mol. The van der Waals surface area contributed by atoms with E-state index in [4.69, 9.17) is 4.74 Å². The number of benzene rings is 2. The van der Waals surface area contributed by atoms with Crippen molar-refractivity contribution in [3.8, 4) is 0 Å². The summed E-state index contributed by atoms with van der Waals surface area (Å²) in [6.45, 7) is 10.1. The van der Waals surface area contributed by atoms with Crippen LogP contribution in [0.4, 0.5) is 10.1 Å². The van der Waals surface area contributed by atoms with Gasteiger partial charge in [0.2, 0.25) is 0 Å². The third-order valence-electron chi connectivity index (χ3n) is 5.48. The van der Waals surface area contributed by atoms with Crippen LogP contribution >= 0.6 is 0 Å². The van der Waals surface area contributed by atoms with Crippen molar-refractivity contribution in [3.05, 3.63) is 59.9 Å². The van der Waals surface area contributed by atoms with Crippen LogP contribution in [-0.4, -0.2) is 56.6 Å². The largest absolute Gasteiger partial charge is 0.373 e. The molecule has 0 bridgehead atoms. The van der Waals surface area contributed by atoms with Gasteiger partial charge in [0, 0.05) is 30.7 Å². The molecule has 1 amide bonds. The summed E-state index contributed by atoms with van der Waals surface area (Å²) < 4.78 is 47.2. The van der Waals surface area contributed by atoms with Crippen LogP contribution in [0, 0.1) is 5.82 Å². The monoisotopic (exact) mass is 463 g/mol. The van der Waals surface area contributed by atoms with Gasteiger partial charge in [0.25, 0.3) is 15.9 Å². The Morgan fingerprint density at radius 2 is 1.78 bits per heavy atom. The molecule has 3 rings (SSSR count). The Kier molecular flexibility index (Phi) is 7.22. The van der Waals surface area contributed by atoms with E-state index in [1.807, 2.05) is 13.8 Å². The quantitative estimate of drug-likeness (QED) is 0.658. The van der Waals surface area contributed by atoms with Crippen molar-refractivity contribution >= 4 is 21.6 Å². The molecule has 1 heterocycles. The fourth-order valence-electron chi connectivity index (χ4n) is 3.73. The second-order valence-corrected chi connectivity index (χ2v) is 10.5. The molecule has 2 N–H and O–H groups in total. The van der Waals surface area contributed by atoms with E-state index in [2.05, 4.69) is 28.8 Å². The molecule has 2 aromatic carbocycles. The Labute approximate surface area is 189 Å². The zero-order chi connectivity index (χ0) is 23.5. The summed E-state index contributed by atoms with van der Waals surface area (Å²) in [4.78, 5) is 14.9. The highest BCUT2D eigenvalue weighted by atomic mass is 32.2. The molecule has 2 atom stereocenters. The molecule has 174 valence electrons. The number of amides is 1. The van der Waals surface area contributed by atoms with E-state index >= 15 is 0 Å². The second kappa shape index (κ2) is 9.56. The van der Waals surface area contributed by atoms with E-state index < -0.39 is 15.8 Å². The first-order valence-electron chi connectivity index (χ1n) is 10.5. The number of ether oxygens (including phenoxy) is 1. The van der Waals surface area contributed by atoms with Gasteiger partial charge >= 0.3 is 0 Å². The number of hydrogen-bond donors (Lipinski definition) is 2. The van der Waals surface area contributed by atoms with Gasteiger partial charge in [-0.3, -0.25) is 14.4 Å². The number of hydrogen-bond acceptors (Lipinski definition) is 5. The Bertz CT molecular complexity index is 1060. The molecule has 0 aliphatic carbocycles. The number of halogens is 1. The number of carbonyl (C=O) groups is 1. The van der Waals surface area contributed by atoms with E-state index in [0.717, 1.165) is 13.1 Å². The van der Waals surface area contributed by atoms with Crippen molar-refractivity contribution < 1.29 is 22.3 Å². The van der Waals surface area contributed by atoms with Crippen LogP contribution in [-0.2, 0) is 14.8 Å². The average molecular weight is 464 g/mol. The van der Waals surface area contributed by atoms with E-state index in [1.54, 1.807) is 6.07 Å². The topological polar surface area (TPSA) is 87.7 Å². The Hall–Kier alpha value is -2.49. The third-order valence-corrected chi connectivity index (χ3v) is 6.85. The van der Waals surface area contributed by atoms with Crippen molar-refractivity contribution in [2.45, 2.75) is 50.3 Å². The van der Waals surface area contributed by atoms with Crippen LogP contribution < -0.4 is 10.0 Å². The van der Waals surface area contributed by atoms with Crippen molar-refractivity contribution in [1.29, 1.82) is 0 Å². The molecule has 1 aliphatic heterocycles. The van der Waals surface area contributed by atoms with Crippen LogP contribution in [0.1, 0.15) is 38.1 Å². The maximum absolute atomic E-state index is 13.9. The van der Waals surface area contributed by atoms with Gasteiger partial charge in [-0.25, -0.2) is 12.8 Å². The molecule has 1 aliphatic rings. The van der Waals surface area contributed by atoms with Crippen LogP contribution in [0.2, 0.25) is 0 Å². The van der Waals surface area contributed by atoms with Gasteiger partial charge in [-0.05, 0) is 58.0 Å². The number of nitrogens with zero attached hydrogens (tertiary/aromatic N) is 1. The zero-order valence-corrected chi connectivity index (χ0v) is 19.6. The summed E-state index contributed by atoms with van der Waals surface area (Å²) in [6.07, 6.45) is 0.218. The molecule has 1 saturated heterocycles. The van der Waals surface area contributed by atoms with E-state index in [0.29, 0.717) is 6.54 Å². The summed E-state index contributed by atoms with van der Waals surface area (Å²) in [5.41, 5.74) is -0.253. The highest BCUT2D eigenvalue weighted by molar-refractivity contribution is 7.92. The van der Waals surface area contributed by atoms with E-state index in [1.165, 1.54) is 42.5 Å². The predicted octanol–water partition coefficient (Wildman–Crippen LogP) is 3.24. The molecule has 2 unspecified atom stereocenters. The van der Waals surface area contributed by atoms with Crippen LogP contribution in [0.15, 0.2) is 53.4 Å². The van der Waals surface area contributed by atoms with Crippen LogP contribution in [0.5, 0.6) is 0 Å².